The van der Waals surface area contributed by atoms with Crippen molar-refractivity contribution < 1.29 is 19.1 Å². The Bertz CT molecular complexity index is 1210. The van der Waals surface area contributed by atoms with Gasteiger partial charge in [0.15, 0.2) is 0 Å². The lowest BCUT2D eigenvalue weighted by molar-refractivity contribution is 0.0725. The third kappa shape index (κ3) is 5.08. The van der Waals surface area contributed by atoms with Crippen LogP contribution >= 0.6 is 0 Å². The Labute approximate surface area is 211 Å². The number of carbonyl (C=O) groups excluding carboxylic acids is 2. The van der Waals surface area contributed by atoms with E-state index in [0.717, 1.165) is 25.7 Å². The van der Waals surface area contributed by atoms with Crippen LogP contribution in [0.15, 0.2) is 109 Å². The first kappa shape index (κ1) is 23.6. The topological polar surface area (TPSA) is 52.6 Å². The summed E-state index contributed by atoms with van der Waals surface area (Å²) >= 11 is 0. The second-order valence-corrected chi connectivity index (χ2v) is 9.20. The fourth-order valence-electron chi connectivity index (χ4n) is 5.06. The van der Waals surface area contributed by atoms with E-state index >= 15 is 0 Å². The molecule has 4 aromatic rings. The first-order chi connectivity index (χ1) is 17.6. The van der Waals surface area contributed by atoms with E-state index in [9.17, 15) is 9.59 Å². The fraction of sp³-hybridized carbons (Fsp3) is 0.188. The van der Waals surface area contributed by atoms with E-state index in [1.807, 2.05) is 60.7 Å². The molecule has 1 aliphatic rings. The molecule has 36 heavy (non-hydrogen) atoms. The molecule has 0 N–H and O–H groups in total. The van der Waals surface area contributed by atoms with E-state index in [-0.39, 0.29) is 17.4 Å². The predicted molar refractivity (Wildman–Crippen MR) is 140 cm³/mol. The Kier molecular flexibility index (Phi) is 6.94. The Morgan fingerprint density at radius 3 is 1.28 bits per heavy atom. The maximum atomic E-state index is 12.4. The number of hydrogen-bond donors (Lipinski definition) is 0. The molecule has 0 atom stereocenters. The van der Waals surface area contributed by atoms with Gasteiger partial charge >= 0.3 is 11.9 Å². The highest BCUT2D eigenvalue weighted by Crippen LogP contribution is 2.45. The lowest BCUT2D eigenvalue weighted by atomic mass is 9.65. The van der Waals surface area contributed by atoms with Crippen molar-refractivity contribution in [1.82, 2.24) is 0 Å². The van der Waals surface area contributed by atoms with Gasteiger partial charge in [-0.15, -0.1) is 0 Å². The van der Waals surface area contributed by atoms with Crippen LogP contribution in [0.2, 0.25) is 0 Å². The summed E-state index contributed by atoms with van der Waals surface area (Å²) in [5, 5.41) is 0. The highest BCUT2D eigenvalue weighted by atomic mass is 16.5. The Morgan fingerprint density at radius 2 is 0.889 bits per heavy atom. The quantitative estimate of drug-likeness (QED) is 0.215. The van der Waals surface area contributed by atoms with Gasteiger partial charge in [-0.25, -0.2) is 9.59 Å². The zero-order valence-electron chi connectivity index (χ0n) is 20.1. The normalized spacial score (nSPS) is 14.6. The van der Waals surface area contributed by atoms with Crippen molar-refractivity contribution in [1.29, 1.82) is 0 Å². The van der Waals surface area contributed by atoms with E-state index in [2.05, 4.69) is 24.3 Å². The summed E-state index contributed by atoms with van der Waals surface area (Å²) < 4.78 is 11.2. The zero-order chi connectivity index (χ0) is 24.8. The molecule has 0 aromatic heterocycles. The molecule has 0 radical (unpaired) electrons. The number of ether oxygens (including phenoxy) is 2. The van der Waals surface area contributed by atoms with Gasteiger partial charge in [-0.3, -0.25) is 0 Å². The molecule has 0 heterocycles. The SMILES string of the molecule is O=C(Oc1ccc(C2(c3ccc(OC(=O)c4ccccc4)cc3)CCCCC2)cc1)c1ccccc1. The average Bonchev–Trinajstić information content (AvgIpc) is 2.95. The van der Waals surface area contributed by atoms with Gasteiger partial charge in [0.2, 0.25) is 0 Å². The summed E-state index contributed by atoms with van der Waals surface area (Å²) in [5.74, 6) is 0.330. The van der Waals surface area contributed by atoms with Crippen LogP contribution in [-0.4, -0.2) is 11.9 Å². The first-order valence-electron chi connectivity index (χ1n) is 12.4. The van der Waals surface area contributed by atoms with Crippen molar-refractivity contribution in [2.45, 2.75) is 37.5 Å². The number of esters is 2. The lowest BCUT2D eigenvalue weighted by Gasteiger charge is -2.38. The predicted octanol–water partition coefficient (Wildman–Crippen LogP) is 7.38. The van der Waals surface area contributed by atoms with Crippen LogP contribution in [0, 0.1) is 0 Å². The lowest BCUT2D eigenvalue weighted by Crippen LogP contribution is -2.30. The maximum Gasteiger partial charge on any atom is 0.343 e. The van der Waals surface area contributed by atoms with Crippen LogP contribution in [0.25, 0.3) is 0 Å². The molecule has 0 spiro atoms. The Morgan fingerprint density at radius 1 is 0.500 bits per heavy atom. The number of hydrogen-bond acceptors (Lipinski definition) is 4. The Hall–Kier alpha value is -4.18. The van der Waals surface area contributed by atoms with Gasteiger partial charge in [0.25, 0.3) is 0 Å². The van der Waals surface area contributed by atoms with E-state index in [1.54, 1.807) is 24.3 Å². The minimum Gasteiger partial charge on any atom is -0.423 e. The van der Waals surface area contributed by atoms with Crippen LogP contribution < -0.4 is 9.47 Å². The van der Waals surface area contributed by atoms with Crippen LogP contribution in [0.3, 0.4) is 0 Å². The van der Waals surface area contributed by atoms with Crippen LogP contribution in [0.5, 0.6) is 11.5 Å². The Balaban J connectivity index is 1.35. The molecule has 0 saturated heterocycles. The van der Waals surface area contributed by atoms with E-state index in [4.69, 9.17) is 9.47 Å². The second-order valence-electron chi connectivity index (χ2n) is 9.20. The maximum absolute atomic E-state index is 12.4. The summed E-state index contributed by atoms with van der Waals surface area (Å²) in [6.07, 6.45) is 5.60. The molecule has 1 saturated carbocycles. The molecular formula is C32H28O4. The van der Waals surface area contributed by atoms with Crippen molar-refractivity contribution in [2.75, 3.05) is 0 Å². The highest BCUT2D eigenvalue weighted by Gasteiger charge is 2.35. The molecule has 5 rings (SSSR count). The van der Waals surface area contributed by atoms with Crippen LogP contribution in [-0.2, 0) is 5.41 Å². The molecule has 0 unspecified atom stereocenters. The van der Waals surface area contributed by atoms with Crippen LogP contribution in [0.4, 0.5) is 0 Å². The highest BCUT2D eigenvalue weighted by molar-refractivity contribution is 5.91. The van der Waals surface area contributed by atoms with Crippen molar-refractivity contribution in [3.8, 4) is 11.5 Å². The minimum atomic E-state index is -0.364. The molecule has 0 aliphatic heterocycles. The van der Waals surface area contributed by atoms with Gasteiger partial charge in [-0.05, 0) is 72.5 Å². The van der Waals surface area contributed by atoms with Gasteiger partial charge in [0.1, 0.15) is 11.5 Å². The smallest absolute Gasteiger partial charge is 0.343 e. The second kappa shape index (κ2) is 10.6. The van der Waals surface area contributed by atoms with Gasteiger partial charge in [0.05, 0.1) is 11.1 Å². The van der Waals surface area contributed by atoms with E-state index in [0.29, 0.717) is 22.6 Å². The van der Waals surface area contributed by atoms with Gasteiger partial charge in [-0.2, -0.15) is 0 Å². The molecule has 4 nitrogen and oxygen atoms in total. The average molecular weight is 477 g/mol. The van der Waals surface area contributed by atoms with Crippen molar-refractivity contribution in [3.63, 3.8) is 0 Å². The van der Waals surface area contributed by atoms with Crippen molar-refractivity contribution in [3.05, 3.63) is 131 Å². The molecule has 0 bridgehead atoms. The third-order valence-electron chi connectivity index (χ3n) is 6.96. The van der Waals surface area contributed by atoms with Gasteiger partial charge in [0, 0.05) is 5.41 Å². The summed E-state index contributed by atoms with van der Waals surface area (Å²) in [6, 6.07) is 33.8. The van der Waals surface area contributed by atoms with Gasteiger partial charge < -0.3 is 9.47 Å². The number of carbonyl (C=O) groups is 2. The third-order valence-corrected chi connectivity index (χ3v) is 6.96. The van der Waals surface area contributed by atoms with E-state index < -0.39 is 0 Å². The molecule has 4 heteroatoms. The monoisotopic (exact) mass is 476 g/mol. The summed E-state index contributed by atoms with van der Waals surface area (Å²) in [5.41, 5.74) is 3.34. The minimum absolute atomic E-state index is 0.123. The number of benzene rings is 4. The standard InChI is InChI=1S/C32H28O4/c33-30(24-10-4-1-5-11-24)35-28-18-14-26(15-19-28)32(22-8-3-9-23-32)27-16-20-29(21-17-27)36-31(34)25-12-6-2-7-13-25/h1-2,4-7,10-21H,3,8-9,22-23H2. The fourth-order valence-corrected chi connectivity index (χ4v) is 5.06. The molecule has 4 aromatic carbocycles. The molecule has 1 aliphatic carbocycles. The first-order valence-corrected chi connectivity index (χ1v) is 12.4. The molecule has 180 valence electrons. The molecule has 0 amide bonds. The van der Waals surface area contributed by atoms with Crippen molar-refractivity contribution in [2.24, 2.45) is 0 Å². The summed E-state index contributed by atoms with van der Waals surface area (Å²) in [4.78, 5) is 24.9. The van der Waals surface area contributed by atoms with Crippen LogP contribution in [0.1, 0.15) is 63.9 Å². The molecule has 1 fully saturated rings. The van der Waals surface area contributed by atoms with Crippen molar-refractivity contribution >= 4 is 11.9 Å². The summed E-state index contributed by atoms with van der Waals surface area (Å²) in [6.45, 7) is 0. The zero-order valence-corrected chi connectivity index (χ0v) is 20.1. The van der Waals surface area contributed by atoms with E-state index in [1.165, 1.54) is 17.5 Å². The summed E-state index contributed by atoms with van der Waals surface area (Å²) in [7, 11) is 0. The number of rotatable bonds is 6. The van der Waals surface area contributed by atoms with Gasteiger partial charge in [-0.1, -0.05) is 79.9 Å². The molecular weight excluding hydrogens is 448 g/mol. The largest absolute Gasteiger partial charge is 0.423 e.